The summed E-state index contributed by atoms with van der Waals surface area (Å²) >= 11 is 1.25. The van der Waals surface area contributed by atoms with Gasteiger partial charge in [0.2, 0.25) is 5.91 Å². The third kappa shape index (κ3) is 7.43. The van der Waals surface area contributed by atoms with E-state index in [2.05, 4.69) is 15.6 Å². The van der Waals surface area contributed by atoms with Crippen molar-refractivity contribution in [3.8, 4) is 5.75 Å². The lowest BCUT2D eigenvalue weighted by molar-refractivity contribution is -0.129. The van der Waals surface area contributed by atoms with Gasteiger partial charge in [-0.2, -0.15) is 4.31 Å². The number of aromatic nitrogens is 1. The second kappa shape index (κ2) is 13.5. The average Bonchev–Trinajstić information content (AvgIpc) is 3.32. The smallest absolute Gasteiger partial charge is 0.265 e. The summed E-state index contributed by atoms with van der Waals surface area (Å²) in [7, 11) is -3.93. The van der Waals surface area contributed by atoms with E-state index in [4.69, 9.17) is 4.74 Å². The predicted molar refractivity (Wildman–Crippen MR) is 147 cm³/mol. The van der Waals surface area contributed by atoms with Crippen LogP contribution in [0.3, 0.4) is 0 Å². The van der Waals surface area contributed by atoms with E-state index in [0.717, 1.165) is 30.0 Å². The van der Waals surface area contributed by atoms with Crippen molar-refractivity contribution < 1.29 is 27.5 Å². The fourth-order valence-electron chi connectivity index (χ4n) is 5.20. The SMILES string of the molecule is CCOc1ccsc1C(=O)N[C@@H](CC1CCCCC1)C(=O)NC1CCCN(S(=O)(=O)c2ccccn2)CC1=O. The summed E-state index contributed by atoms with van der Waals surface area (Å²) < 4.78 is 32.7. The second-order valence-electron chi connectivity index (χ2n) is 9.99. The van der Waals surface area contributed by atoms with Gasteiger partial charge in [0.15, 0.2) is 10.8 Å². The highest BCUT2D eigenvalue weighted by molar-refractivity contribution is 7.89. The minimum Gasteiger partial charge on any atom is -0.492 e. The Bertz CT molecular complexity index is 1240. The lowest BCUT2D eigenvalue weighted by atomic mass is 9.84. The van der Waals surface area contributed by atoms with Gasteiger partial charge < -0.3 is 15.4 Å². The third-order valence-electron chi connectivity index (χ3n) is 7.23. The predicted octanol–water partition coefficient (Wildman–Crippen LogP) is 3.15. The Hall–Kier alpha value is -2.83. The number of sulfonamides is 1. The average molecular weight is 577 g/mol. The van der Waals surface area contributed by atoms with Crippen molar-refractivity contribution in [1.29, 1.82) is 0 Å². The molecular formula is C27H36N4O6S2. The van der Waals surface area contributed by atoms with Crippen LogP contribution in [0.2, 0.25) is 0 Å². The first-order chi connectivity index (χ1) is 18.8. The van der Waals surface area contributed by atoms with Crippen molar-refractivity contribution in [3.05, 3.63) is 40.7 Å². The number of carbonyl (C=O) groups excluding carboxylic acids is 3. The summed E-state index contributed by atoms with van der Waals surface area (Å²) in [5.41, 5.74) is 0. The summed E-state index contributed by atoms with van der Waals surface area (Å²) in [6.45, 7) is 2.05. The van der Waals surface area contributed by atoms with Gasteiger partial charge in [-0.1, -0.05) is 38.2 Å². The molecule has 1 aliphatic heterocycles. The molecule has 12 heteroatoms. The Kier molecular flexibility index (Phi) is 10.1. The monoisotopic (exact) mass is 576 g/mol. The highest BCUT2D eigenvalue weighted by atomic mass is 32.2. The van der Waals surface area contributed by atoms with Gasteiger partial charge in [0.05, 0.1) is 19.2 Å². The summed E-state index contributed by atoms with van der Waals surface area (Å²) in [5.74, 6) is -0.426. The molecule has 0 radical (unpaired) electrons. The van der Waals surface area contributed by atoms with Crippen LogP contribution in [0, 0.1) is 5.92 Å². The Labute approximate surface area is 233 Å². The largest absolute Gasteiger partial charge is 0.492 e. The number of thiophene rings is 1. The van der Waals surface area contributed by atoms with Gasteiger partial charge in [0.1, 0.15) is 16.7 Å². The number of nitrogens with one attached hydrogen (secondary N) is 2. The second-order valence-corrected chi connectivity index (χ2v) is 12.8. The molecule has 2 N–H and O–H groups in total. The number of pyridine rings is 1. The molecule has 2 amide bonds. The zero-order valence-electron chi connectivity index (χ0n) is 22.1. The van der Waals surface area contributed by atoms with E-state index in [1.54, 1.807) is 23.6 Å². The number of rotatable bonds is 10. The highest BCUT2D eigenvalue weighted by Crippen LogP contribution is 2.29. The van der Waals surface area contributed by atoms with E-state index >= 15 is 0 Å². The number of hydrogen-bond acceptors (Lipinski definition) is 8. The van der Waals surface area contributed by atoms with Crippen LogP contribution in [0.1, 0.15) is 68.0 Å². The number of hydrogen-bond donors (Lipinski definition) is 2. The topological polar surface area (TPSA) is 135 Å². The summed E-state index contributed by atoms with van der Waals surface area (Å²) in [6, 6.07) is 4.67. The standard InChI is InChI=1S/C27H36N4O6S2/c1-2-37-23-13-16-38-25(23)27(34)30-21(17-19-9-4-3-5-10-19)26(33)29-20-11-8-15-31(18-22(20)32)39(35,36)24-12-6-7-14-28-24/h6-7,12-14,16,19-21H,2-5,8-11,15,17-18H2,1H3,(H,29,33)(H,30,34)/t20?,21-/m0/s1. The summed E-state index contributed by atoms with van der Waals surface area (Å²) in [5, 5.41) is 7.38. The van der Waals surface area contributed by atoms with Crippen molar-refractivity contribution in [2.45, 2.75) is 75.4 Å². The van der Waals surface area contributed by atoms with Crippen LogP contribution >= 0.6 is 11.3 Å². The molecule has 1 saturated heterocycles. The first kappa shape index (κ1) is 29.2. The minimum atomic E-state index is -3.93. The Morgan fingerprint density at radius 2 is 1.95 bits per heavy atom. The molecule has 0 bridgehead atoms. The van der Waals surface area contributed by atoms with E-state index in [1.807, 2.05) is 6.92 Å². The molecule has 0 spiro atoms. The van der Waals surface area contributed by atoms with Crippen molar-refractivity contribution in [1.82, 2.24) is 19.9 Å². The molecular weight excluding hydrogens is 540 g/mol. The van der Waals surface area contributed by atoms with Gasteiger partial charge in [-0.25, -0.2) is 13.4 Å². The maximum absolute atomic E-state index is 13.5. The van der Waals surface area contributed by atoms with Crippen LogP contribution in [0.25, 0.3) is 0 Å². The highest BCUT2D eigenvalue weighted by Gasteiger charge is 2.35. The third-order valence-corrected chi connectivity index (χ3v) is 9.89. The molecule has 2 aromatic heterocycles. The zero-order chi connectivity index (χ0) is 27.8. The van der Waals surface area contributed by atoms with Gasteiger partial charge in [-0.05, 0) is 55.7 Å². The number of ether oxygens (including phenoxy) is 1. The fraction of sp³-hybridized carbons (Fsp3) is 0.556. The van der Waals surface area contributed by atoms with Gasteiger partial charge in [0, 0.05) is 12.7 Å². The minimum absolute atomic E-state index is 0.115. The molecule has 2 fully saturated rings. The summed E-state index contributed by atoms with van der Waals surface area (Å²) in [6.07, 6.45) is 7.91. The molecule has 10 nitrogen and oxygen atoms in total. The lowest BCUT2D eigenvalue weighted by Crippen LogP contribution is -2.53. The van der Waals surface area contributed by atoms with E-state index in [0.29, 0.717) is 42.4 Å². The van der Waals surface area contributed by atoms with E-state index < -0.39 is 28.0 Å². The van der Waals surface area contributed by atoms with Crippen molar-refractivity contribution in [3.63, 3.8) is 0 Å². The van der Waals surface area contributed by atoms with Crippen LogP contribution < -0.4 is 15.4 Å². The molecule has 1 saturated carbocycles. The number of nitrogens with zero attached hydrogens (tertiary/aromatic N) is 2. The number of ketones is 1. The Balaban J connectivity index is 1.45. The molecule has 2 aliphatic rings. The van der Waals surface area contributed by atoms with Gasteiger partial charge in [0.25, 0.3) is 15.9 Å². The molecule has 212 valence electrons. The Morgan fingerprint density at radius 1 is 1.15 bits per heavy atom. The van der Waals surface area contributed by atoms with E-state index in [9.17, 15) is 22.8 Å². The van der Waals surface area contributed by atoms with Crippen LogP contribution in [-0.2, 0) is 19.6 Å². The number of carbonyl (C=O) groups is 3. The van der Waals surface area contributed by atoms with Gasteiger partial charge in [-0.15, -0.1) is 11.3 Å². The zero-order valence-corrected chi connectivity index (χ0v) is 23.8. The molecule has 0 aromatic carbocycles. The van der Waals surface area contributed by atoms with Gasteiger partial charge >= 0.3 is 0 Å². The normalized spacial score (nSPS) is 20.1. The molecule has 3 heterocycles. The number of Topliss-reactive ketones (excluding diaryl/α,β-unsaturated/α-hetero) is 1. The molecule has 1 aliphatic carbocycles. The maximum atomic E-state index is 13.5. The van der Waals surface area contributed by atoms with Crippen LogP contribution in [0.15, 0.2) is 40.9 Å². The number of amides is 2. The molecule has 2 atom stereocenters. The molecule has 39 heavy (non-hydrogen) atoms. The first-order valence-electron chi connectivity index (χ1n) is 13.5. The lowest BCUT2D eigenvalue weighted by Gasteiger charge is -2.28. The van der Waals surface area contributed by atoms with Crippen molar-refractivity contribution in [2.75, 3.05) is 19.7 Å². The maximum Gasteiger partial charge on any atom is 0.265 e. The molecule has 4 rings (SSSR count). The van der Waals surface area contributed by atoms with Crippen LogP contribution in [0.5, 0.6) is 5.75 Å². The van der Waals surface area contributed by atoms with Crippen LogP contribution in [0.4, 0.5) is 0 Å². The quantitative estimate of drug-likeness (QED) is 0.444. The molecule has 1 unspecified atom stereocenters. The summed E-state index contributed by atoms with van der Waals surface area (Å²) in [4.78, 5) is 44.1. The van der Waals surface area contributed by atoms with Gasteiger partial charge in [-0.3, -0.25) is 14.4 Å². The van der Waals surface area contributed by atoms with Crippen LogP contribution in [-0.4, -0.2) is 67.1 Å². The van der Waals surface area contributed by atoms with Crippen molar-refractivity contribution in [2.24, 2.45) is 5.92 Å². The fourth-order valence-corrected chi connectivity index (χ4v) is 7.31. The Morgan fingerprint density at radius 3 is 2.67 bits per heavy atom. The van der Waals surface area contributed by atoms with Crippen molar-refractivity contribution >= 4 is 39.0 Å². The molecule has 2 aromatic rings. The van der Waals surface area contributed by atoms with E-state index in [1.165, 1.54) is 30.0 Å². The van der Waals surface area contributed by atoms with E-state index in [-0.39, 0.29) is 29.8 Å². The first-order valence-corrected chi connectivity index (χ1v) is 15.9.